The summed E-state index contributed by atoms with van der Waals surface area (Å²) < 4.78 is 12.1. The maximum absolute atomic E-state index is 11.6. The maximum atomic E-state index is 11.6. The van der Waals surface area contributed by atoms with Gasteiger partial charge in [0.2, 0.25) is 0 Å². The highest BCUT2D eigenvalue weighted by molar-refractivity contribution is 5.88. The van der Waals surface area contributed by atoms with Crippen molar-refractivity contribution in [3.8, 4) is 0 Å². The third-order valence-corrected chi connectivity index (χ3v) is 2.35. The van der Waals surface area contributed by atoms with Crippen molar-refractivity contribution in [2.45, 2.75) is 26.0 Å². The van der Waals surface area contributed by atoms with Crippen LogP contribution in [0.5, 0.6) is 0 Å². The van der Waals surface area contributed by atoms with E-state index in [9.17, 15) is 4.79 Å². The number of aryl methyl sites for hydroxylation is 1. The van der Waals surface area contributed by atoms with Gasteiger partial charge in [-0.15, -0.1) is 0 Å². The van der Waals surface area contributed by atoms with Gasteiger partial charge in [-0.2, -0.15) is 5.10 Å². The van der Waals surface area contributed by atoms with Gasteiger partial charge >= 0.3 is 5.97 Å². The van der Waals surface area contributed by atoms with E-state index in [0.29, 0.717) is 18.8 Å². The molecule has 2 heterocycles. The number of carbonyl (C=O) groups excluding carboxylic acids is 1. The lowest BCUT2D eigenvalue weighted by molar-refractivity contribution is 0.0270. The average Bonchev–Trinajstić information content (AvgIpc) is 2.86. The molecule has 2 rings (SSSR count). The van der Waals surface area contributed by atoms with Crippen LogP contribution in [0.4, 0.5) is 0 Å². The zero-order valence-corrected chi connectivity index (χ0v) is 8.68. The summed E-state index contributed by atoms with van der Waals surface area (Å²) in [6.07, 6.45) is 3.91. The summed E-state index contributed by atoms with van der Waals surface area (Å²) in [5.74, 6) is -0.315. The quantitative estimate of drug-likeness (QED) is 0.694. The van der Waals surface area contributed by atoms with Gasteiger partial charge < -0.3 is 9.47 Å². The third kappa shape index (κ3) is 2.36. The summed E-state index contributed by atoms with van der Waals surface area (Å²) in [6.45, 7) is 3.90. The molecule has 0 amide bonds. The largest absolute Gasteiger partial charge is 0.456 e. The summed E-state index contributed by atoms with van der Waals surface area (Å²) in [7, 11) is 0. The molecule has 0 aliphatic carbocycles. The Morgan fingerprint density at radius 3 is 3.27 bits per heavy atom. The molecule has 5 heteroatoms. The van der Waals surface area contributed by atoms with Crippen LogP contribution in [0.25, 0.3) is 0 Å². The minimum atomic E-state index is -0.315. The van der Waals surface area contributed by atoms with Gasteiger partial charge in [0.05, 0.1) is 25.0 Å². The van der Waals surface area contributed by atoms with Crippen LogP contribution >= 0.6 is 0 Å². The summed E-state index contributed by atoms with van der Waals surface area (Å²) in [6, 6.07) is 0. The Morgan fingerprint density at radius 2 is 2.67 bits per heavy atom. The molecule has 5 nitrogen and oxygen atoms in total. The van der Waals surface area contributed by atoms with E-state index in [-0.39, 0.29) is 12.1 Å². The van der Waals surface area contributed by atoms with Crippen molar-refractivity contribution in [1.29, 1.82) is 0 Å². The van der Waals surface area contributed by atoms with E-state index in [1.807, 2.05) is 6.92 Å². The van der Waals surface area contributed by atoms with E-state index in [4.69, 9.17) is 9.47 Å². The zero-order chi connectivity index (χ0) is 10.7. The van der Waals surface area contributed by atoms with Crippen molar-refractivity contribution in [2.75, 3.05) is 13.2 Å². The fourth-order valence-corrected chi connectivity index (χ4v) is 1.47. The first-order valence-electron chi connectivity index (χ1n) is 5.10. The Kier molecular flexibility index (Phi) is 3.01. The molecule has 1 aromatic rings. The van der Waals surface area contributed by atoms with Gasteiger partial charge in [-0.3, -0.25) is 4.68 Å². The molecule has 1 aliphatic rings. The van der Waals surface area contributed by atoms with Crippen LogP contribution in [0.3, 0.4) is 0 Å². The van der Waals surface area contributed by atoms with Crippen molar-refractivity contribution in [1.82, 2.24) is 9.78 Å². The Morgan fingerprint density at radius 1 is 1.80 bits per heavy atom. The molecule has 1 aliphatic heterocycles. The van der Waals surface area contributed by atoms with Gasteiger partial charge in [-0.1, -0.05) is 0 Å². The third-order valence-electron chi connectivity index (χ3n) is 2.35. The van der Waals surface area contributed by atoms with Gasteiger partial charge in [0.15, 0.2) is 0 Å². The van der Waals surface area contributed by atoms with Gasteiger partial charge in [0.1, 0.15) is 6.10 Å². The van der Waals surface area contributed by atoms with E-state index in [0.717, 1.165) is 13.0 Å². The molecule has 0 saturated carbocycles. The van der Waals surface area contributed by atoms with Crippen LogP contribution in [0.2, 0.25) is 0 Å². The van der Waals surface area contributed by atoms with Crippen molar-refractivity contribution >= 4 is 5.97 Å². The highest BCUT2D eigenvalue weighted by Crippen LogP contribution is 2.11. The van der Waals surface area contributed by atoms with Gasteiger partial charge in [-0.05, 0) is 6.92 Å². The summed E-state index contributed by atoms with van der Waals surface area (Å²) in [5.41, 5.74) is 0.503. The van der Waals surface area contributed by atoms with Crippen molar-refractivity contribution < 1.29 is 14.3 Å². The number of rotatable bonds is 3. The number of hydrogen-bond donors (Lipinski definition) is 0. The topological polar surface area (TPSA) is 53.4 Å². The fourth-order valence-electron chi connectivity index (χ4n) is 1.47. The van der Waals surface area contributed by atoms with E-state index < -0.39 is 0 Å². The van der Waals surface area contributed by atoms with E-state index in [1.54, 1.807) is 10.9 Å². The standard InChI is InChI=1S/C10H14N2O3/c1-2-12-6-8(5-11-12)10(13)15-9-3-4-14-7-9/h5-6,9H,2-4,7H2,1H3/t9-/m0/s1. The van der Waals surface area contributed by atoms with Gasteiger partial charge in [0, 0.05) is 19.2 Å². The van der Waals surface area contributed by atoms with Crippen LogP contribution in [-0.2, 0) is 16.0 Å². The smallest absolute Gasteiger partial charge is 0.341 e. The predicted molar refractivity (Wildman–Crippen MR) is 52.5 cm³/mol. The molecule has 0 bridgehead atoms. The molecule has 0 radical (unpaired) electrons. The number of nitrogens with zero attached hydrogens (tertiary/aromatic N) is 2. The van der Waals surface area contributed by atoms with E-state index in [1.165, 1.54) is 6.20 Å². The normalized spacial score (nSPS) is 20.5. The fraction of sp³-hybridized carbons (Fsp3) is 0.600. The van der Waals surface area contributed by atoms with Crippen LogP contribution < -0.4 is 0 Å². The number of carbonyl (C=O) groups is 1. The van der Waals surface area contributed by atoms with E-state index in [2.05, 4.69) is 5.10 Å². The molecule has 0 N–H and O–H groups in total. The minimum Gasteiger partial charge on any atom is -0.456 e. The lowest BCUT2D eigenvalue weighted by Gasteiger charge is -2.08. The highest BCUT2D eigenvalue weighted by atomic mass is 16.6. The highest BCUT2D eigenvalue weighted by Gasteiger charge is 2.21. The second-order valence-corrected chi connectivity index (χ2v) is 3.48. The maximum Gasteiger partial charge on any atom is 0.341 e. The molecule has 1 aromatic heterocycles. The second-order valence-electron chi connectivity index (χ2n) is 3.48. The molecular weight excluding hydrogens is 196 g/mol. The molecule has 15 heavy (non-hydrogen) atoms. The monoisotopic (exact) mass is 210 g/mol. The van der Waals surface area contributed by atoms with Crippen LogP contribution in [0.1, 0.15) is 23.7 Å². The van der Waals surface area contributed by atoms with Crippen LogP contribution in [0.15, 0.2) is 12.4 Å². The van der Waals surface area contributed by atoms with Crippen molar-refractivity contribution in [2.24, 2.45) is 0 Å². The molecule has 0 unspecified atom stereocenters. The lowest BCUT2D eigenvalue weighted by atomic mass is 10.3. The molecule has 0 aromatic carbocycles. The Balaban J connectivity index is 1.94. The molecular formula is C10H14N2O3. The predicted octanol–water partition coefficient (Wildman–Crippen LogP) is 0.849. The average molecular weight is 210 g/mol. The molecule has 1 atom stereocenters. The Bertz CT molecular complexity index is 342. The van der Waals surface area contributed by atoms with Crippen molar-refractivity contribution in [3.63, 3.8) is 0 Å². The summed E-state index contributed by atoms with van der Waals surface area (Å²) in [4.78, 5) is 11.6. The molecule has 1 saturated heterocycles. The van der Waals surface area contributed by atoms with Crippen LogP contribution in [0, 0.1) is 0 Å². The zero-order valence-electron chi connectivity index (χ0n) is 8.68. The summed E-state index contributed by atoms with van der Waals surface area (Å²) >= 11 is 0. The Hall–Kier alpha value is -1.36. The minimum absolute atomic E-state index is 0.0949. The Labute approximate surface area is 88.0 Å². The molecule has 82 valence electrons. The molecule has 0 spiro atoms. The number of hydrogen-bond acceptors (Lipinski definition) is 4. The van der Waals surface area contributed by atoms with Crippen LogP contribution in [-0.4, -0.2) is 35.1 Å². The number of esters is 1. The molecule has 1 fully saturated rings. The number of ether oxygens (including phenoxy) is 2. The first-order chi connectivity index (χ1) is 7.29. The number of aromatic nitrogens is 2. The second kappa shape index (κ2) is 4.44. The lowest BCUT2D eigenvalue weighted by Crippen LogP contribution is -2.17. The van der Waals surface area contributed by atoms with Gasteiger partial charge in [-0.25, -0.2) is 4.79 Å². The first kappa shape index (κ1) is 10.2. The van der Waals surface area contributed by atoms with Gasteiger partial charge in [0.25, 0.3) is 0 Å². The first-order valence-corrected chi connectivity index (χ1v) is 5.10. The summed E-state index contributed by atoms with van der Waals surface area (Å²) in [5, 5.41) is 4.01. The van der Waals surface area contributed by atoms with Crippen molar-refractivity contribution in [3.05, 3.63) is 18.0 Å². The SMILES string of the molecule is CCn1cc(C(=O)O[C@H]2CCOC2)cn1. The van der Waals surface area contributed by atoms with E-state index >= 15 is 0 Å².